The standard InChI is InChI=1S/C19H19N5O4S/c1-12(25)20-14-6-4-13(5-7-14)17(26)11-29-19-21-22-23-24(19)16-9-8-15(27-2)10-18(16)28-3/h4-10H,11H2,1-3H3,(H,20,25). The van der Waals surface area contributed by atoms with Gasteiger partial charge in [-0.3, -0.25) is 9.59 Å². The summed E-state index contributed by atoms with van der Waals surface area (Å²) in [5, 5.41) is 14.8. The molecule has 0 fully saturated rings. The molecule has 0 bridgehead atoms. The molecular weight excluding hydrogens is 394 g/mol. The van der Waals surface area contributed by atoms with Crippen LogP contribution in [0.3, 0.4) is 0 Å². The predicted molar refractivity (Wildman–Crippen MR) is 108 cm³/mol. The molecule has 3 rings (SSSR count). The van der Waals surface area contributed by atoms with Crippen molar-refractivity contribution >= 4 is 29.1 Å². The molecule has 1 aromatic heterocycles. The molecule has 0 atom stereocenters. The van der Waals surface area contributed by atoms with Crippen molar-refractivity contribution in [3.05, 3.63) is 48.0 Å². The summed E-state index contributed by atoms with van der Waals surface area (Å²) in [7, 11) is 3.12. The van der Waals surface area contributed by atoms with E-state index < -0.39 is 0 Å². The summed E-state index contributed by atoms with van der Waals surface area (Å²) in [6.45, 7) is 1.43. The second-order valence-corrected chi connectivity index (χ2v) is 6.82. The molecule has 1 amide bonds. The van der Waals surface area contributed by atoms with Crippen LogP contribution in [0.4, 0.5) is 5.69 Å². The molecule has 0 aliphatic carbocycles. The largest absolute Gasteiger partial charge is 0.497 e. The van der Waals surface area contributed by atoms with Crippen molar-refractivity contribution in [3.63, 3.8) is 0 Å². The highest BCUT2D eigenvalue weighted by atomic mass is 32.2. The number of ether oxygens (including phenoxy) is 2. The molecule has 0 aliphatic heterocycles. The van der Waals surface area contributed by atoms with Crippen LogP contribution < -0.4 is 14.8 Å². The fourth-order valence-corrected chi connectivity index (χ4v) is 3.31. The lowest BCUT2D eigenvalue weighted by Gasteiger charge is -2.11. The minimum absolute atomic E-state index is 0.0828. The third-order valence-electron chi connectivity index (χ3n) is 3.92. The second-order valence-electron chi connectivity index (χ2n) is 5.88. The van der Waals surface area contributed by atoms with Crippen LogP contribution in [-0.4, -0.2) is 51.9 Å². The predicted octanol–water partition coefficient (Wildman–Crippen LogP) is 2.61. The molecule has 0 saturated heterocycles. The first kappa shape index (κ1) is 20.3. The van der Waals surface area contributed by atoms with Crippen molar-refractivity contribution in [2.45, 2.75) is 12.1 Å². The SMILES string of the molecule is COc1ccc(-n2nnnc2SCC(=O)c2ccc(NC(C)=O)cc2)c(OC)c1. The fraction of sp³-hybridized carbons (Fsp3) is 0.211. The third kappa shape index (κ3) is 4.91. The van der Waals surface area contributed by atoms with Crippen LogP contribution in [0.2, 0.25) is 0 Å². The van der Waals surface area contributed by atoms with Gasteiger partial charge in [0.05, 0.1) is 20.0 Å². The molecule has 0 spiro atoms. The van der Waals surface area contributed by atoms with E-state index in [1.165, 1.54) is 23.4 Å². The quantitative estimate of drug-likeness (QED) is 0.443. The van der Waals surface area contributed by atoms with Gasteiger partial charge in [-0.2, -0.15) is 4.68 Å². The molecule has 0 unspecified atom stereocenters. The Balaban J connectivity index is 1.72. The van der Waals surface area contributed by atoms with E-state index >= 15 is 0 Å². The Morgan fingerprint density at radius 3 is 2.52 bits per heavy atom. The van der Waals surface area contributed by atoms with E-state index in [9.17, 15) is 9.59 Å². The number of Topliss-reactive ketones (excluding diaryl/α,β-unsaturated/α-hetero) is 1. The summed E-state index contributed by atoms with van der Waals surface area (Å²) < 4.78 is 12.1. The number of hydrogen-bond acceptors (Lipinski definition) is 8. The molecule has 150 valence electrons. The Bertz CT molecular complexity index is 1020. The summed E-state index contributed by atoms with van der Waals surface area (Å²) in [5.74, 6) is 1.09. The fourth-order valence-electron chi connectivity index (χ4n) is 2.54. The van der Waals surface area contributed by atoms with Crippen LogP contribution in [0.15, 0.2) is 47.6 Å². The number of tetrazole rings is 1. The molecule has 29 heavy (non-hydrogen) atoms. The zero-order valence-electron chi connectivity index (χ0n) is 16.1. The zero-order chi connectivity index (χ0) is 20.8. The number of benzene rings is 2. The number of aromatic nitrogens is 4. The van der Waals surface area contributed by atoms with Crippen molar-refractivity contribution < 1.29 is 19.1 Å². The molecule has 0 radical (unpaired) electrons. The van der Waals surface area contributed by atoms with Gasteiger partial charge in [0.1, 0.15) is 17.2 Å². The lowest BCUT2D eigenvalue weighted by Crippen LogP contribution is -2.07. The third-order valence-corrected chi connectivity index (χ3v) is 4.83. The molecular formula is C19H19N5O4S. The lowest BCUT2D eigenvalue weighted by molar-refractivity contribution is -0.114. The Morgan fingerprint density at radius 1 is 1.10 bits per heavy atom. The molecule has 9 nitrogen and oxygen atoms in total. The normalized spacial score (nSPS) is 10.4. The molecule has 3 aromatic rings. The van der Waals surface area contributed by atoms with Gasteiger partial charge in [0.2, 0.25) is 11.1 Å². The van der Waals surface area contributed by atoms with Crippen molar-refractivity contribution in [2.24, 2.45) is 0 Å². The summed E-state index contributed by atoms with van der Waals surface area (Å²) in [6.07, 6.45) is 0. The average Bonchev–Trinajstić information content (AvgIpc) is 3.20. The number of nitrogens with zero attached hydrogens (tertiary/aromatic N) is 4. The number of amides is 1. The van der Waals surface area contributed by atoms with Crippen molar-refractivity contribution in [1.29, 1.82) is 0 Å². The van der Waals surface area contributed by atoms with Gasteiger partial charge in [0.25, 0.3) is 0 Å². The number of hydrogen-bond donors (Lipinski definition) is 1. The maximum atomic E-state index is 12.5. The number of rotatable bonds is 8. The van der Waals surface area contributed by atoms with Gasteiger partial charge in [0, 0.05) is 24.2 Å². The smallest absolute Gasteiger partial charge is 0.221 e. The number of methoxy groups -OCH3 is 2. The van der Waals surface area contributed by atoms with E-state index in [2.05, 4.69) is 20.8 Å². The topological polar surface area (TPSA) is 108 Å². The van der Waals surface area contributed by atoms with E-state index in [1.807, 2.05) is 0 Å². The summed E-state index contributed by atoms with van der Waals surface area (Å²) in [6, 6.07) is 12.0. The van der Waals surface area contributed by atoms with Gasteiger partial charge in [0.15, 0.2) is 5.78 Å². The van der Waals surface area contributed by atoms with E-state index in [4.69, 9.17) is 9.47 Å². The minimum Gasteiger partial charge on any atom is -0.497 e. The van der Waals surface area contributed by atoms with Gasteiger partial charge < -0.3 is 14.8 Å². The zero-order valence-corrected chi connectivity index (χ0v) is 16.9. The number of carbonyl (C=O) groups excluding carboxylic acids is 2. The van der Waals surface area contributed by atoms with Gasteiger partial charge in [-0.25, -0.2) is 0 Å². The Morgan fingerprint density at radius 2 is 1.86 bits per heavy atom. The number of ketones is 1. The van der Waals surface area contributed by atoms with Crippen molar-refractivity contribution in [2.75, 3.05) is 25.3 Å². The first-order valence-corrected chi connectivity index (χ1v) is 9.55. The number of anilines is 1. The van der Waals surface area contributed by atoms with Crippen molar-refractivity contribution in [3.8, 4) is 17.2 Å². The minimum atomic E-state index is -0.166. The van der Waals surface area contributed by atoms with E-state index in [0.717, 1.165) is 0 Å². The Labute approximate surface area is 171 Å². The maximum absolute atomic E-state index is 12.5. The first-order valence-electron chi connectivity index (χ1n) is 8.56. The van der Waals surface area contributed by atoms with Gasteiger partial charge in [-0.1, -0.05) is 11.8 Å². The monoisotopic (exact) mass is 413 g/mol. The van der Waals surface area contributed by atoms with E-state index in [0.29, 0.717) is 33.6 Å². The van der Waals surface area contributed by atoms with Crippen LogP contribution in [0, 0.1) is 0 Å². The van der Waals surface area contributed by atoms with Gasteiger partial charge >= 0.3 is 0 Å². The van der Waals surface area contributed by atoms with Crippen LogP contribution >= 0.6 is 11.8 Å². The van der Waals surface area contributed by atoms with E-state index in [1.54, 1.807) is 56.7 Å². The molecule has 0 saturated carbocycles. The number of thioether (sulfide) groups is 1. The molecule has 2 aromatic carbocycles. The van der Waals surface area contributed by atoms with Crippen LogP contribution in [0.1, 0.15) is 17.3 Å². The lowest BCUT2D eigenvalue weighted by atomic mass is 10.1. The van der Waals surface area contributed by atoms with Gasteiger partial charge in [-0.05, 0) is 46.8 Å². The molecule has 0 aliphatic rings. The number of carbonyl (C=O) groups is 2. The van der Waals surface area contributed by atoms with Crippen molar-refractivity contribution in [1.82, 2.24) is 20.2 Å². The Kier molecular flexibility index (Phi) is 6.45. The average molecular weight is 413 g/mol. The van der Waals surface area contributed by atoms with Crippen LogP contribution in [-0.2, 0) is 4.79 Å². The highest BCUT2D eigenvalue weighted by Gasteiger charge is 2.16. The highest BCUT2D eigenvalue weighted by Crippen LogP contribution is 2.30. The van der Waals surface area contributed by atoms with Gasteiger partial charge in [-0.15, -0.1) is 5.10 Å². The summed E-state index contributed by atoms with van der Waals surface area (Å²) in [4.78, 5) is 23.6. The van der Waals surface area contributed by atoms with E-state index in [-0.39, 0.29) is 17.4 Å². The molecule has 1 N–H and O–H groups in total. The van der Waals surface area contributed by atoms with Crippen LogP contribution in [0.25, 0.3) is 5.69 Å². The highest BCUT2D eigenvalue weighted by molar-refractivity contribution is 7.99. The van der Waals surface area contributed by atoms with Crippen LogP contribution in [0.5, 0.6) is 11.5 Å². The first-order chi connectivity index (χ1) is 14.0. The second kappa shape index (κ2) is 9.20. The molecule has 1 heterocycles. The maximum Gasteiger partial charge on any atom is 0.221 e. The molecule has 10 heteroatoms. The summed E-state index contributed by atoms with van der Waals surface area (Å²) in [5.41, 5.74) is 1.80. The number of nitrogens with one attached hydrogen (secondary N) is 1. The Hall–Kier alpha value is -3.40. The summed E-state index contributed by atoms with van der Waals surface area (Å²) >= 11 is 1.22.